The number of aliphatic hydroxyl groups is 1. The first kappa shape index (κ1) is 19.2. The van der Waals surface area contributed by atoms with Crippen LogP contribution in [0, 0.1) is 13.8 Å². The second kappa shape index (κ2) is 9.31. The summed E-state index contributed by atoms with van der Waals surface area (Å²) in [6.45, 7) is 4.24. The summed E-state index contributed by atoms with van der Waals surface area (Å²) in [5, 5.41) is 14.4. The molecule has 0 aliphatic rings. The first-order valence-corrected chi connectivity index (χ1v) is 10.1. The average molecular weight is 365 g/mol. The lowest BCUT2D eigenvalue weighted by Gasteiger charge is -1.97. The number of aryl methyl sites for hydroxylation is 2. The zero-order chi connectivity index (χ0) is 16.6. The van der Waals surface area contributed by atoms with Gasteiger partial charge in [-0.15, -0.1) is 22.7 Å². The van der Waals surface area contributed by atoms with E-state index in [-0.39, 0.29) is 13.2 Å². The van der Waals surface area contributed by atoms with E-state index in [1.165, 1.54) is 0 Å². The second-order valence-corrected chi connectivity index (χ2v) is 8.23. The normalized spacial score (nSPS) is 11.1. The van der Waals surface area contributed by atoms with Gasteiger partial charge in [0.15, 0.2) is 0 Å². The van der Waals surface area contributed by atoms with Gasteiger partial charge >= 0.3 is 0 Å². The van der Waals surface area contributed by atoms with Crippen LogP contribution in [0.2, 0.25) is 0 Å². The Kier molecular flexibility index (Phi) is 8.12. The summed E-state index contributed by atoms with van der Waals surface area (Å²) in [4.78, 5) is 8.33. The van der Waals surface area contributed by atoms with Crippen LogP contribution in [0.3, 0.4) is 0 Å². The zero-order valence-electron chi connectivity index (χ0n) is 12.8. The van der Waals surface area contributed by atoms with Crippen molar-refractivity contribution in [1.82, 2.24) is 9.97 Å². The van der Waals surface area contributed by atoms with Gasteiger partial charge in [0, 0.05) is 30.2 Å². The van der Waals surface area contributed by atoms with Crippen LogP contribution in [-0.2, 0) is 27.1 Å². The Morgan fingerprint density at radius 2 is 1.59 bits per heavy atom. The van der Waals surface area contributed by atoms with E-state index in [0.717, 1.165) is 27.7 Å². The van der Waals surface area contributed by atoms with Gasteiger partial charge in [0.05, 0.1) is 34.3 Å². The van der Waals surface area contributed by atoms with E-state index in [4.69, 9.17) is 5.11 Å². The van der Waals surface area contributed by atoms with Gasteiger partial charge in [0.25, 0.3) is 10.1 Å². The second-order valence-electron chi connectivity index (χ2n) is 4.47. The van der Waals surface area contributed by atoms with Crippen molar-refractivity contribution in [3.05, 3.63) is 32.2 Å². The molecule has 2 heterocycles. The molecule has 0 aromatic carbocycles. The maximum absolute atomic E-state index is 10.6. The van der Waals surface area contributed by atoms with E-state index in [1.54, 1.807) is 22.7 Å². The Morgan fingerprint density at radius 1 is 1.09 bits per heavy atom. The SMILES string of the molecule is Cc1nc(CCO)cs1.Cc1nc(CCOS(C)(=O)=O)cs1. The monoisotopic (exact) mass is 364 g/mol. The third-order valence-electron chi connectivity index (χ3n) is 2.36. The third kappa shape index (κ3) is 8.54. The fourth-order valence-corrected chi connectivity index (χ4v) is 3.14. The van der Waals surface area contributed by atoms with E-state index in [0.29, 0.717) is 12.8 Å². The van der Waals surface area contributed by atoms with E-state index in [9.17, 15) is 8.42 Å². The van der Waals surface area contributed by atoms with Gasteiger partial charge < -0.3 is 5.11 Å². The molecule has 124 valence electrons. The molecule has 0 saturated heterocycles. The first-order chi connectivity index (χ1) is 10.3. The van der Waals surface area contributed by atoms with Gasteiger partial charge in [-0.1, -0.05) is 0 Å². The molecule has 0 unspecified atom stereocenters. The molecule has 0 bridgehead atoms. The average Bonchev–Trinajstić information content (AvgIpc) is 2.98. The van der Waals surface area contributed by atoms with Crippen LogP contribution in [0.15, 0.2) is 10.8 Å². The van der Waals surface area contributed by atoms with E-state index >= 15 is 0 Å². The maximum Gasteiger partial charge on any atom is 0.264 e. The predicted octanol–water partition coefficient (Wildman–Crippen LogP) is 1.96. The molecule has 0 aliphatic carbocycles. The predicted molar refractivity (Wildman–Crippen MR) is 89.0 cm³/mol. The topological polar surface area (TPSA) is 89.4 Å². The molecule has 0 amide bonds. The molecule has 9 heteroatoms. The fraction of sp³-hybridized carbons (Fsp3) is 0.538. The molecule has 0 fully saturated rings. The number of nitrogens with zero attached hydrogens (tertiary/aromatic N) is 2. The molecule has 0 atom stereocenters. The third-order valence-corrected chi connectivity index (χ3v) is 4.60. The van der Waals surface area contributed by atoms with Gasteiger partial charge in [-0.2, -0.15) is 8.42 Å². The van der Waals surface area contributed by atoms with Crippen molar-refractivity contribution < 1.29 is 17.7 Å². The highest BCUT2D eigenvalue weighted by Gasteiger charge is 2.03. The molecular weight excluding hydrogens is 344 g/mol. The van der Waals surface area contributed by atoms with Crippen LogP contribution >= 0.6 is 22.7 Å². The summed E-state index contributed by atoms with van der Waals surface area (Å²) in [6, 6.07) is 0. The zero-order valence-corrected chi connectivity index (χ0v) is 15.2. The lowest BCUT2D eigenvalue weighted by molar-refractivity contribution is 0.298. The van der Waals surface area contributed by atoms with Crippen molar-refractivity contribution in [1.29, 1.82) is 0 Å². The summed E-state index contributed by atoms with van der Waals surface area (Å²) in [6.07, 6.45) is 2.26. The molecule has 0 radical (unpaired) electrons. The Labute approximate surface area is 139 Å². The van der Waals surface area contributed by atoms with Crippen molar-refractivity contribution in [3.8, 4) is 0 Å². The lowest BCUT2D eigenvalue weighted by Crippen LogP contribution is -2.06. The van der Waals surface area contributed by atoms with Crippen molar-refractivity contribution in [3.63, 3.8) is 0 Å². The van der Waals surface area contributed by atoms with Crippen molar-refractivity contribution >= 4 is 32.8 Å². The largest absolute Gasteiger partial charge is 0.396 e. The van der Waals surface area contributed by atoms with Gasteiger partial charge in [-0.3, -0.25) is 4.18 Å². The number of rotatable bonds is 6. The smallest absolute Gasteiger partial charge is 0.264 e. The van der Waals surface area contributed by atoms with Gasteiger partial charge in [0.2, 0.25) is 0 Å². The summed E-state index contributed by atoms with van der Waals surface area (Å²) in [7, 11) is -3.31. The number of aliphatic hydroxyl groups excluding tert-OH is 1. The minimum atomic E-state index is -3.31. The molecule has 2 rings (SSSR count). The summed E-state index contributed by atoms with van der Waals surface area (Å²) >= 11 is 3.17. The van der Waals surface area contributed by atoms with Crippen LogP contribution < -0.4 is 0 Å². The van der Waals surface area contributed by atoms with Crippen molar-refractivity contribution in [2.75, 3.05) is 19.5 Å². The Bertz CT molecular complexity index is 664. The Balaban J connectivity index is 0.000000235. The minimum absolute atomic E-state index is 0.169. The highest BCUT2D eigenvalue weighted by atomic mass is 32.2. The van der Waals surface area contributed by atoms with E-state index in [1.807, 2.05) is 24.6 Å². The molecule has 0 saturated carbocycles. The van der Waals surface area contributed by atoms with Gasteiger partial charge in [-0.25, -0.2) is 9.97 Å². The molecule has 2 aromatic rings. The summed E-state index contributed by atoms with van der Waals surface area (Å²) < 4.78 is 25.8. The molecule has 1 N–H and O–H groups in total. The van der Waals surface area contributed by atoms with Crippen LogP contribution in [-0.4, -0.2) is 43.0 Å². The van der Waals surface area contributed by atoms with E-state index < -0.39 is 10.1 Å². The first-order valence-electron chi connectivity index (χ1n) is 6.57. The highest BCUT2D eigenvalue weighted by Crippen LogP contribution is 2.08. The molecular formula is C13H20N2O4S3. The highest BCUT2D eigenvalue weighted by molar-refractivity contribution is 7.85. The Hall–Kier alpha value is -0.870. The van der Waals surface area contributed by atoms with E-state index in [2.05, 4.69) is 14.2 Å². The quantitative estimate of drug-likeness (QED) is 0.788. The fourth-order valence-electron chi connectivity index (χ4n) is 1.46. The maximum atomic E-state index is 10.6. The van der Waals surface area contributed by atoms with Crippen LogP contribution in [0.4, 0.5) is 0 Å². The lowest BCUT2D eigenvalue weighted by atomic mass is 10.4. The number of hydrogen-bond donors (Lipinski definition) is 1. The van der Waals surface area contributed by atoms with Gasteiger partial charge in [0.1, 0.15) is 0 Å². The summed E-state index contributed by atoms with van der Waals surface area (Å²) in [5.74, 6) is 0. The van der Waals surface area contributed by atoms with Crippen LogP contribution in [0.5, 0.6) is 0 Å². The number of thiazole rings is 2. The minimum Gasteiger partial charge on any atom is -0.396 e. The summed E-state index contributed by atoms with van der Waals surface area (Å²) in [5.41, 5.74) is 1.88. The molecule has 0 spiro atoms. The number of aromatic nitrogens is 2. The standard InChI is InChI=1S/C7H11NO3S2.C6H9NOS/c1-6-8-7(5-12-6)3-4-11-13(2,9)10;1-5-7-6(2-3-8)4-9-5/h5H,3-4H2,1-2H3;4,8H,2-3H2,1H3. The molecule has 6 nitrogen and oxygen atoms in total. The molecule has 2 aromatic heterocycles. The number of hydrogen-bond acceptors (Lipinski definition) is 8. The van der Waals surface area contributed by atoms with Crippen molar-refractivity contribution in [2.45, 2.75) is 26.7 Å². The molecule has 22 heavy (non-hydrogen) atoms. The van der Waals surface area contributed by atoms with Gasteiger partial charge in [-0.05, 0) is 13.8 Å². The van der Waals surface area contributed by atoms with Crippen LogP contribution in [0.25, 0.3) is 0 Å². The van der Waals surface area contributed by atoms with Crippen LogP contribution in [0.1, 0.15) is 21.4 Å². The molecule has 0 aliphatic heterocycles. The van der Waals surface area contributed by atoms with Crippen molar-refractivity contribution in [2.24, 2.45) is 0 Å². The Morgan fingerprint density at radius 3 is 1.95 bits per heavy atom.